The van der Waals surface area contributed by atoms with Crippen LogP contribution in [0.4, 0.5) is 10.1 Å². The molecule has 0 atom stereocenters. The summed E-state index contributed by atoms with van der Waals surface area (Å²) < 4.78 is 13.8. The Morgan fingerprint density at radius 2 is 1.96 bits per heavy atom. The molecule has 1 aliphatic carbocycles. The molecule has 2 fully saturated rings. The average molecular weight is 333 g/mol. The van der Waals surface area contributed by atoms with Gasteiger partial charge in [-0.05, 0) is 57.0 Å². The number of rotatable bonds is 4. The summed E-state index contributed by atoms with van der Waals surface area (Å²) >= 11 is 0. The molecule has 24 heavy (non-hydrogen) atoms. The van der Waals surface area contributed by atoms with Gasteiger partial charge in [-0.15, -0.1) is 0 Å². The number of hydrogen-bond acceptors (Lipinski definition) is 3. The molecule has 2 aliphatic rings. The van der Waals surface area contributed by atoms with Gasteiger partial charge in [0.2, 0.25) is 5.91 Å². The lowest BCUT2D eigenvalue weighted by molar-refractivity contribution is -0.117. The molecular formula is C19H28FN3O. The molecule has 1 N–H and O–H groups in total. The highest BCUT2D eigenvalue weighted by Gasteiger charge is 2.25. The molecule has 3 rings (SSSR count). The topological polar surface area (TPSA) is 35.6 Å². The molecule has 4 nitrogen and oxygen atoms in total. The highest BCUT2D eigenvalue weighted by Crippen LogP contribution is 2.24. The van der Waals surface area contributed by atoms with Crippen LogP contribution in [0, 0.1) is 12.7 Å². The number of halogens is 1. The van der Waals surface area contributed by atoms with E-state index in [1.54, 1.807) is 12.1 Å². The van der Waals surface area contributed by atoms with Gasteiger partial charge in [0.25, 0.3) is 0 Å². The van der Waals surface area contributed by atoms with Crippen molar-refractivity contribution in [2.45, 2.75) is 45.1 Å². The highest BCUT2D eigenvalue weighted by molar-refractivity contribution is 5.92. The van der Waals surface area contributed by atoms with Gasteiger partial charge in [-0.25, -0.2) is 4.39 Å². The molecule has 0 spiro atoms. The van der Waals surface area contributed by atoms with E-state index in [0.29, 0.717) is 6.54 Å². The summed E-state index contributed by atoms with van der Waals surface area (Å²) in [5.41, 5.74) is 1.22. The van der Waals surface area contributed by atoms with Crippen LogP contribution in [0.2, 0.25) is 0 Å². The molecule has 1 amide bonds. The predicted octanol–water partition coefficient (Wildman–Crippen LogP) is 3.02. The van der Waals surface area contributed by atoms with Gasteiger partial charge in [-0.3, -0.25) is 14.6 Å². The van der Waals surface area contributed by atoms with E-state index in [4.69, 9.17) is 0 Å². The number of anilines is 1. The Hall–Kier alpha value is -1.46. The number of carbonyl (C=O) groups excluding carboxylic acids is 1. The first-order chi connectivity index (χ1) is 11.6. The molecule has 0 bridgehead atoms. The van der Waals surface area contributed by atoms with Crippen molar-refractivity contribution >= 4 is 11.6 Å². The van der Waals surface area contributed by atoms with Gasteiger partial charge in [0.05, 0.1) is 12.2 Å². The molecule has 1 saturated carbocycles. The lowest BCUT2D eigenvalue weighted by Gasteiger charge is -2.27. The van der Waals surface area contributed by atoms with Crippen molar-refractivity contribution in [3.8, 4) is 0 Å². The van der Waals surface area contributed by atoms with Crippen LogP contribution < -0.4 is 5.32 Å². The van der Waals surface area contributed by atoms with Crippen molar-refractivity contribution in [2.24, 2.45) is 0 Å². The number of nitrogens with one attached hydrogen (secondary N) is 1. The normalized spacial score (nSPS) is 20.9. The first kappa shape index (κ1) is 17.4. The van der Waals surface area contributed by atoms with Crippen LogP contribution in [0.5, 0.6) is 0 Å². The third-order valence-electron chi connectivity index (χ3n) is 5.23. The van der Waals surface area contributed by atoms with E-state index in [-0.39, 0.29) is 17.4 Å². The second-order valence-corrected chi connectivity index (χ2v) is 7.14. The largest absolute Gasteiger partial charge is 0.322 e. The van der Waals surface area contributed by atoms with E-state index in [1.807, 2.05) is 6.92 Å². The van der Waals surface area contributed by atoms with E-state index in [0.717, 1.165) is 44.2 Å². The lowest BCUT2D eigenvalue weighted by Crippen LogP contribution is -2.39. The maximum atomic E-state index is 13.8. The number of hydrogen-bond donors (Lipinski definition) is 1. The average Bonchev–Trinajstić information content (AvgIpc) is 2.99. The third-order valence-corrected chi connectivity index (χ3v) is 5.23. The van der Waals surface area contributed by atoms with E-state index >= 15 is 0 Å². The van der Waals surface area contributed by atoms with Gasteiger partial charge < -0.3 is 5.32 Å². The molecule has 1 aliphatic heterocycles. The van der Waals surface area contributed by atoms with Gasteiger partial charge in [-0.2, -0.15) is 0 Å². The van der Waals surface area contributed by atoms with Gasteiger partial charge in [0, 0.05) is 19.1 Å². The summed E-state index contributed by atoms with van der Waals surface area (Å²) in [5, 5.41) is 2.72. The van der Waals surface area contributed by atoms with Crippen LogP contribution in [0.1, 0.15) is 37.7 Å². The standard InChI is InChI=1S/C19H28FN3O/c1-15-7-8-17(20)18(13-15)21-19(24)14-22-9-4-10-23(12-11-22)16-5-2-3-6-16/h7-8,13,16H,2-6,9-12,14H2,1H3,(H,21,24). The fraction of sp³-hybridized carbons (Fsp3) is 0.632. The molecule has 0 unspecified atom stereocenters. The minimum atomic E-state index is -0.378. The van der Waals surface area contributed by atoms with Crippen LogP contribution >= 0.6 is 0 Å². The van der Waals surface area contributed by atoms with Gasteiger partial charge in [0.15, 0.2) is 0 Å². The van der Waals surface area contributed by atoms with E-state index in [9.17, 15) is 9.18 Å². The zero-order valence-electron chi connectivity index (χ0n) is 14.6. The third kappa shape index (κ3) is 4.54. The Morgan fingerprint density at radius 3 is 2.75 bits per heavy atom. The summed E-state index contributed by atoms with van der Waals surface area (Å²) in [5.74, 6) is -0.508. The molecule has 1 heterocycles. The highest BCUT2D eigenvalue weighted by atomic mass is 19.1. The Kier molecular flexibility index (Phi) is 5.85. The molecule has 132 valence electrons. The minimum Gasteiger partial charge on any atom is -0.322 e. The minimum absolute atomic E-state index is 0.131. The summed E-state index contributed by atoms with van der Waals surface area (Å²) in [6.45, 7) is 6.26. The summed E-state index contributed by atoms with van der Waals surface area (Å²) in [6.07, 6.45) is 6.47. The monoisotopic (exact) mass is 333 g/mol. The van der Waals surface area contributed by atoms with E-state index < -0.39 is 0 Å². The number of amides is 1. The summed E-state index contributed by atoms with van der Waals surface area (Å²) in [7, 11) is 0. The Labute approximate surface area is 144 Å². The van der Waals surface area contributed by atoms with Gasteiger partial charge in [0.1, 0.15) is 5.82 Å². The lowest BCUT2D eigenvalue weighted by atomic mass is 10.2. The Bertz CT molecular complexity index is 572. The van der Waals surface area contributed by atoms with Gasteiger partial charge >= 0.3 is 0 Å². The first-order valence-electron chi connectivity index (χ1n) is 9.14. The maximum Gasteiger partial charge on any atom is 0.238 e. The van der Waals surface area contributed by atoms with Crippen LogP contribution in [0.15, 0.2) is 18.2 Å². The Balaban J connectivity index is 1.50. The number of aryl methyl sites for hydroxylation is 1. The molecule has 1 saturated heterocycles. The first-order valence-corrected chi connectivity index (χ1v) is 9.14. The van der Waals surface area contributed by atoms with Gasteiger partial charge in [-0.1, -0.05) is 18.9 Å². The maximum absolute atomic E-state index is 13.8. The molecule has 0 aromatic heterocycles. The zero-order valence-corrected chi connectivity index (χ0v) is 14.6. The molecule has 1 aromatic carbocycles. The molecule has 0 radical (unpaired) electrons. The second kappa shape index (κ2) is 8.08. The molecule has 5 heteroatoms. The van der Waals surface area contributed by atoms with Crippen LogP contribution in [-0.2, 0) is 4.79 Å². The fourth-order valence-corrected chi connectivity index (χ4v) is 3.91. The van der Waals surface area contributed by atoms with Crippen LogP contribution in [-0.4, -0.2) is 54.5 Å². The quantitative estimate of drug-likeness (QED) is 0.920. The fourth-order valence-electron chi connectivity index (χ4n) is 3.91. The summed E-state index contributed by atoms with van der Waals surface area (Å²) in [6, 6.07) is 5.53. The van der Waals surface area contributed by atoms with E-state index in [1.165, 1.54) is 31.7 Å². The number of benzene rings is 1. The van der Waals surface area contributed by atoms with Crippen molar-refractivity contribution in [1.82, 2.24) is 9.80 Å². The number of nitrogens with zero attached hydrogens (tertiary/aromatic N) is 2. The van der Waals surface area contributed by atoms with Crippen LogP contribution in [0.25, 0.3) is 0 Å². The Morgan fingerprint density at radius 1 is 1.17 bits per heavy atom. The van der Waals surface area contributed by atoms with Crippen molar-refractivity contribution in [2.75, 3.05) is 38.0 Å². The van der Waals surface area contributed by atoms with Crippen molar-refractivity contribution < 1.29 is 9.18 Å². The van der Waals surface area contributed by atoms with Crippen molar-refractivity contribution in [3.05, 3.63) is 29.6 Å². The molecule has 1 aromatic rings. The second-order valence-electron chi connectivity index (χ2n) is 7.14. The predicted molar refractivity (Wildman–Crippen MR) is 94.7 cm³/mol. The van der Waals surface area contributed by atoms with Crippen LogP contribution in [0.3, 0.4) is 0 Å². The molecular weight excluding hydrogens is 305 g/mol. The summed E-state index contributed by atoms with van der Waals surface area (Å²) in [4.78, 5) is 17.1. The number of carbonyl (C=O) groups is 1. The van der Waals surface area contributed by atoms with Crippen molar-refractivity contribution in [3.63, 3.8) is 0 Å². The van der Waals surface area contributed by atoms with Crippen molar-refractivity contribution in [1.29, 1.82) is 0 Å². The van der Waals surface area contributed by atoms with E-state index in [2.05, 4.69) is 15.1 Å². The smallest absolute Gasteiger partial charge is 0.238 e. The SMILES string of the molecule is Cc1ccc(F)c(NC(=O)CN2CCCN(C3CCCC3)CC2)c1. The zero-order chi connectivity index (χ0) is 16.9.